The average Bonchev–Trinajstić information content (AvgIpc) is 3.29. The first-order valence-electron chi connectivity index (χ1n) is 8.72. The molecular weight excluding hydrogens is 389 g/mol. The van der Waals surface area contributed by atoms with E-state index in [0.717, 1.165) is 16.6 Å². The van der Waals surface area contributed by atoms with Crippen molar-refractivity contribution in [2.24, 2.45) is 0 Å². The van der Waals surface area contributed by atoms with E-state index in [1.165, 1.54) is 0 Å². The molecule has 0 bridgehead atoms. The van der Waals surface area contributed by atoms with Gasteiger partial charge in [0, 0.05) is 11.8 Å². The van der Waals surface area contributed by atoms with E-state index in [4.69, 9.17) is 14.2 Å². The van der Waals surface area contributed by atoms with Crippen LogP contribution in [-0.2, 0) is 26.0 Å². The number of para-hydroxylation sites is 2. The van der Waals surface area contributed by atoms with E-state index >= 15 is 0 Å². The largest absolute Gasteiger partial charge is 1.00 e. The minimum Gasteiger partial charge on any atom is -1.00 e. The molecule has 1 atom stereocenters. The molecule has 1 N–H and O–H groups in total. The Morgan fingerprint density at radius 1 is 1.29 bits per heavy atom. The fraction of sp³-hybridized carbons (Fsp3) is 0.368. The number of benzene rings is 1. The number of hydrogen-bond donors (Lipinski definition) is 1. The maximum Gasteiger partial charge on any atom is 1.00 e. The summed E-state index contributed by atoms with van der Waals surface area (Å²) in [7, 11) is -1.33. The smallest absolute Gasteiger partial charge is 1.00 e. The monoisotopic (exact) mass is 411 g/mol. The standard InChI is InChI=1S/C19H21N3O4S.Na.H/c1-13-16(11-27(23)18-21-14-5-3-4-6-15(14)22-18)20-8-7-17(13)24-12-19(2)25-9-10-26-19;;/h3-8H,9-12H2,1-2H3,(H,21,22);;/q;+1;-1. The molecule has 28 heavy (non-hydrogen) atoms. The molecule has 144 valence electrons. The SMILES string of the molecule is Cc1c(OCC2(C)OCCO2)ccnc1CS(=O)c1nc2ccccc2[nH]1.[H-].[Na+]. The molecule has 0 amide bonds. The van der Waals surface area contributed by atoms with Crippen LogP contribution in [0.4, 0.5) is 0 Å². The van der Waals surface area contributed by atoms with Gasteiger partial charge in [-0.15, -0.1) is 0 Å². The van der Waals surface area contributed by atoms with Crippen LogP contribution < -0.4 is 34.3 Å². The number of imidazole rings is 1. The normalized spacial score (nSPS) is 16.6. The molecule has 0 saturated carbocycles. The molecule has 1 fully saturated rings. The van der Waals surface area contributed by atoms with E-state index in [1.807, 2.05) is 38.1 Å². The number of rotatable bonds is 6. The van der Waals surface area contributed by atoms with E-state index in [9.17, 15) is 4.21 Å². The van der Waals surface area contributed by atoms with Crippen LogP contribution in [0.3, 0.4) is 0 Å². The predicted molar refractivity (Wildman–Crippen MR) is 102 cm³/mol. The predicted octanol–water partition coefficient (Wildman–Crippen LogP) is -0.168. The van der Waals surface area contributed by atoms with Crippen molar-refractivity contribution >= 4 is 21.8 Å². The third-order valence-corrected chi connectivity index (χ3v) is 5.66. The Labute approximate surface area is 189 Å². The van der Waals surface area contributed by atoms with E-state index < -0.39 is 16.6 Å². The molecule has 3 aromatic rings. The number of hydrogen-bond acceptors (Lipinski definition) is 6. The second-order valence-electron chi connectivity index (χ2n) is 6.55. The molecule has 0 aliphatic carbocycles. The number of H-pyrrole nitrogens is 1. The van der Waals surface area contributed by atoms with Crippen LogP contribution in [0.2, 0.25) is 0 Å². The molecule has 0 spiro atoms. The second-order valence-corrected chi connectivity index (χ2v) is 7.92. The van der Waals surface area contributed by atoms with E-state index in [2.05, 4.69) is 15.0 Å². The number of aromatic nitrogens is 3. The van der Waals surface area contributed by atoms with E-state index in [1.54, 1.807) is 12.3 Å². The van der Waals surface area contributed by atoms with Crippen molar-refractivity contribution in [2.75, 3.05) is 19.8 Å². The molecule has 1 aliphatic heterocycles. The van der Waals surface area contributed by atoms with E-state index in [0.29, 0.717) is 29.8 Å². The van der Waals surface area contributed by atoms with Crippen LogP contribution in [0.25, 0.3) is 11.0 Å². The van der Waals surface area contributed by atoms with Gasteiger partial charge in [-0.3, -0.25) is 9.19 Å². The van der Waals surface area contributed by atoms with Crippen LogP contribution in [0.15, 0.2) is 41.7 Å². The summed E-state index contributed by atoms with van der Waals surface area (Å²) in [6, 6.07) is 9.41. The number of ether oxygens (including phenoxy) is 3. The first-order valence-corrected chi connectivity index (χ1v) is 10.0. The number of aromatic amines is 1. The van der Waals surface area contributed by atoms with Gasteiger partial charge in [0.2, 0.25) is 0 Å². The maximum atomic E-state index is 12.8. The molecule has 2 aromatic heterocycles. The topological polar surface area (TPSA) is 86.3 Å². The van der Waals surface area contributed by atoms with Crippen molar-refractivity contribution in [3.05, 3.63) is 47.8 Å². The molecular formula is C19H22N3NaO4S. The van der Waals surface area contributed by atoms with Crippen molar-refractivity contribution in [3.63, 3.8) is 0 Å². The molecule has 1 unspecified atom stereocenters. The fourth-order valence-electron chi connectivity index (χ4n) is 2.94. The van der Waals surface area contributed by atoms with Crippen molar-refractivity contribution in [3.8, 4) is 5.75 Å². The molecule has 1 aromatic carbocycles. The molecule has 1 saturated heterocycles. The Bertz CT molecular complexity index is 961. The van der Waals surface area contributed by atoms with Crippen molar-refractivity contribution in [1.82, 2.24) is 15.0 Å². The summed E-state index contributed by atoms with van der Waals surface area (Å²) in [4.78, 5) is 11.9. The summed E-state index contributed by atoms with van der Waals surface area (Å²) in [6.07, 6.45) is 1.66. The zero-order valence-corrected chi connectivity index (χ0v) is 19.0. The van der Waals surface area contributed by atoms with Crippen LogP contribution in [0.1, 0.15) is 19.6 Å². The maximum absolute atomic E-state index is 12.8. The minimum absolute atomic E-state index is 0. The van der Waals surface area contributed by atoms with Crippen LogP contribution >= 0.6 is 0 Å². The summed E-state index contributed by atoms with van der Waals surface area (Å²) >= 11 is 0. The Kier molecular flexibility index (Phi) is 6.90. The van der Waals surface area contributed by atoms with Gasteiger partial charge in [0.1, 0.15) is 12.4 Å². The number of fused-ring (bicyclic) bond motifs is 1. The Hall–Kier alpha value is -1.29. The average molecular weight is 411 g/mol. The number of pyridine rings is 1. The van der Waals surface area contributed by atoms with Gasteiger partial charge in [0.05, 0.1) is 46.5 Å². The van der Waals surface area contributed by atoms with Gasteiger partial charge >= 0.3 is 29.6 Å². The quantitative estimate of drug-likeness (QED) is 0.567. The zero-order valence-electron chi connectivity index (χ0n) is 17.2. The molecule has 3 heterocycles. The molecule has 4 rings (SSSR count). The van der Waals surface area contributed by atoms with Crippen molar-refractivity contribution in [2.45, 2.75) is 30.5 Å². The summed E-state index contributed by atoms with van der Waals surface area (Å²) in [5.74, 6) is 0.210. The van der Waals surface area contributed by atoms with Gasteiger partial charge in [0.15, 0.2) is 10.9 Å². The zero-order chi connectivity index (χ0) is 18.9. The van der Waals surface area contributed by atoms with Crippen LogP contribution in [-0.4, -0.2) is 44.8 Å². The van der Waals surface area contributed by atoms with Gasteiger partial charge in [0.25, 0.3) is 0 Å². The summed E-state index contributed by atoms with van der Waals surface area (Å²) in [5.41, 5.74) is 3.23. The molecule has 1 aliphatic rings. The first kappa shape index (κ1) is 21.4. The van der Waals surface area contributed by atoms with Gasteiger partial charge in [-0.1, -0.05) is 12.1 Å². The van der Waals surface area contributed by atoms with Gasteiger partial charge in [-0.05, 0) is 32.0 Å². The number of nitrogens with one attached hydrogen (secondary N) is 1. The fourth-order valence-corrected chi connectivity index (χ4v) is 4.04. The van der Waals surface area contributed by atoms with Crippen LogP contribution in [0, 0.1) is 6.92 Å². The van der Waals surface area contributed by atoms with Crippen molar-refractivity contribution in [1.29, 1.82) is 0 Å². The summed E-state index contributed by atoms with van der Waals surface area (Å²) < 4.78 is 29.8. The Balaban J connectivity index is 0.00000150. The van der Waals surface area contributed by atoms with Gasteiger partial charge < -0.3 is 20.6 Å². The summed E-state index contributed by atoms with van der Waals surface area (Å²) in [6.45, 7) is 5.18. The minimum atomic E-state index is -1.33. The first-order chi connectivity index (χ1) is 13.0. The van der Waals surface area contributed by atoms with Gasteiger partial charge in [-0.25, -0.2) is 4.98 Å². The molecule has 9 heteroatoms. The van der Waals surface area contributed by atoms with Gasteiger partial charge in [-0.2, -0.15) is 0 Å². The third-order valence-electron chi connectivity index (χ3n) is 4.50. The Morgan fingerprint density at radius 2 is 2.04 bits per heavy atom. The molecule has 7 nitrogen and oxygen atoms in total. The molecule has 0 radical (unpaired) electrons. The second kappa shape index (κ2) is 9.02. The third kappa shape index (κ3) is 4.64. The Morgan fingerprint density at radius 3 is 2.79 bits per heavy atom. The van der Waals surface area contributed by atoms with Crippen LogP contribution in [0.5, 0.6) is 5.75 Å². The number of nitrogens with zero attached hydrogens (tertiary/aromatic N) is 2. The summed E-state index contributed by atoms with van der Waals surface area (Å²) in [5, 5.41) is 0.448. The van der Waals surface area contributed by atoms with Crippen molar-refractivity contribution < 1.29 is 49.4 Å². The van der Waals surface area contributed by atoms with E-state index in [-0.39, 0.29) is 43.3 Å².